The van der Waals surface area contributed by atoms with Crippen molar-refractivity contribution in [2.75, 3.05) is 9.80 Å². The van der Waals surface area contributed by atoms with Gasteiger partial charge in [0.1, 0.15) is 11.6 Å². The Morgan fingerprint density at radius 2 is 0.892 bits per heavy atom. The molecule has 0 radical (unpaired) electrons. The minimum atomic E-state index is -0.316. The fourth-order valence-corrected chi connectivity index (χ4v) is 13.1. The molecule has 0 fully saturated rings. The molecule has 0 unspecified atom stereocenters. The maximum Gasteiger partial charge on any atom is 0.147 e. The molecule has 14 rings (SSSR count). The molecular weight excluding hydrogens is 907 g/mol. The molecule has 4 heteroatoms. The van der Waals surface area contributed by atoms with Gasteiger partial charge in [0.2, 0.25) is 0 Å². The van der Waals surface area contributed by atoms with E-state index >= 15 is 8.78 Å². The summed E-state index contributed by atoms with van der Waals surface area (Å²) >= 11 is 0. The minimum Gasteiger partial charge on any atom is -0.310 e. The van der Waals surface area contributed by atoms with Crippen LogP contribution in [0.2, 0.25) is 0 Å². The molecule has 11 aromatic carbocycles. The molecule has 0 heterocycles. The van der Waals surface area contributed by atoms with Crippen LogP contribution in [0.3, 0.4) is 0 Å². The molecule has 0 spiro atoms. The molecule has 0 amide bonds. The van der Waals surface area contributed by atoms with E-state index in [2.05, 4.69) is 183 Å². The van der Waals surface area contributed by atoms with Crippen LogP contribution in [0.25, 0.3) is 71.3 Å². The molecule has 0 N–H and O–H groups in total. The smallest absolute Gasteiger partial charge is 0.147 e. The van der Waals surface area contributed by atoms with Gasteiger partial charge in [0.05, 0.1) is 28.4 Å². The van der Waals surface area contributed by atoms with Crippen molar-refractivity contribution in [1.82, 2.24) is 0 Å². The van der Waals surface area contributed by atoms with Crippen LogP contribution in [-0.4, -0.2) is 0 Å². The molecule has 0 saturated heterocycles. The highest BCUT2D eigenvalue weighted by Crippen LogP contribution is 2.58. The number of fused-ring (bicyclic) bond motifs is 6. The van der Waals surface area contributed by atoms with Crippen molar-refractivity contribution in [2.24, 2.45) is 0 Å². The first-order valence-electron chi connectivity index (χ1n) is 25.9. The topological polar surface area (TPSA) is 6.48 Å². The van der Waals surface area contributed by atoms with Gasteiger partial charge in [-0.2, -0.15) is 0 Å². The average Bonchev–Trinajstić information content (AvgIpc) is 3.83. The summed E-state index contributed by atoms with van der Waals surface area (Å²) in [6.45, 7) is 9.21. The van der Waals surface area contributed by atoms with Crippen molar-refractivity contribution in [2.45, 2.75) is 51.4 Å². The molecule has 0 saturated carbocycles. The summed E-state index contributed by atoms with van der Waals surface area (Å²) in [6.07, 6.45) is 3.97. The number of halogens is 2. The van der Waals surface area contributed by atoms with E-state index in [1.807, 2.05) is 60.7 Å². The zero-order valence-corrected chi connectivity index (χ0v) is 41.8. The summed E-state index contributed by atoms with van der Waals surface area (Å²) in [5, 5.41) is 6.30. The van der Waals surface area contributed by atoms with Crippen LogP contribution in [0, 0.1) is 11.6 Å². The van der Waals surface area contributed by atoms with Crippen LogP contribution in [0.1, 0.15) is 62.8 Å². The first-order chi connectivity index (χ1) is 36.1. The normalized spacial score (nSPS) is 15.0. The molecule has 0 atom stereocenters. The summed E-state index contributed by atoms with van der Waals surface area (Å²) in [6, 6.07) is 73.1. The Balaban J connectivity index is 1.05. The van der Waals surface area contributed by atoms with Crippen molar-refractivity contribution in [3.05, 3.63) is 264 Å². The Morgan fingerprint density at radius 1 is 0.392 bits per heavy atom. The fraction of sp³-hybridized carbons (Fsp3) is 0.114. The van der Waals surface area contributed by atoms with Crippen LogP contribution >= 0.6 is 0 Å². The molecule has 0 aliphatic heterocycles. The highest BCUT2D eigenvalue weighted by Gasteiger charge is 2.43. The van der Waals surface area contributed by atoms with Gasteiger partial charge in [-0.1, -0.05) is 204 Å². The largest absolute Gasteiger partial charge is 0.310 e. The van der Waals surface area contributed by atoms with Crippen molar-refractivity contribution in [1.29, 1.82) is 0 Å². The van der Waals surface area contributed by atoms with Gasteiger partial charge < -0.3 is 9.80 Å². The van der Waals surface area contributed by atoms with E-state index in [1.165, 1.54) is 33.4 Å². The summed E-state index contributed by atoms with van der Waals surface area (Å²) in [7, 11) is 0. The second-order valence-electron chi connectivity index (χ2n) is 21.3. The standard InChI is InChI=1S/C70H52F2N2/c1-69(2)53-23-13-11-21-49(53)67-55(69)25-15-27-61(67)73(63-41-47(31-37-57(63)71)43-17-7-5-8-18-43)59-39-33-45-30-36-52-60(40-34-46-29-35-51(59)65(45)66(46)52)74(64-42-48(32-38-58(64)72)44-19-9-6-10-20-44)62-28-16-26-56-68(62)50-22-12-14-24-54(50)70(56,3)4/h5-15,17-27,29-42H,16,28H2,1-4H3. The number of anilines is 5. The average molecular weight is 959 g/mol. The van der Waals surface area contributed by atoms with Gasteiger partial charge in [-0.25, -0.2) is 8.78 Å². The van der Waals surface area contributed by atoms with Gasteiger partial charge in [0.15, 0.2) is 0 Å². The van der Waals surface area contributed by atoms with E-state index in [0.717, 1.165) is 101 Å². The maximum absolute atomic E-state index is 17.3. The lowest BCUT2D eigenvalue weighted by atomic mass is 9.79. The molecular formula is C70H52F2N2. The Kier molecular flexibility index (Phi) is 9.82. The number of hydrogen-bond acceptors (Lipinski definition) is 2. The maximum atomic E-state index is 17.3. The first kappa shape index (κ1) is 44.1. The highest BCUT2D eigenvalue weighted by molar-refractivity contribution is 6.28. The van der Waals surface area contributed by atoms with Crippen molar-refractivity contribution in [3.63, 3.8) is 0 Å². The van der Waals surface area contributed by atoms with E-state index in [1.54, 1.807) is 12.1 Å². The summed E-state index contributed by atoms with van der Waals surface area (Å²) in [5.41, 5.74) is 17.8. The molecule has 74 heavy (non-hydrogen) atoms. The van der Waals surface area contributed by atoms with Crippen LogP contribution in [0.15, 0.2) is 230 Å². The number of nitrogens with zero attached hydrogens (tertiary/aromatic N) is 2. The third-order valence-electron chi connectivity index (χ3n) is 16.6. The number of rotatable bonds is 8. The summed E-state index contributed by atoms with van der Waals surface area (Å²) in [5.74, 6) is -0.605. The van der Waals surface area contributed by atoms with Gasteiger partial charge in [-0.05, 0) is 132 Å². The number of benzene rings is 11. The number of hydrogen-bond donors (Lipinski definition) is 0. The lowest BCUT2D eigenvalue weighted by molar-refractivity contribution is 0.626. The van der Waals surface area contributed by atoms with Crippen LogP contribution in [0.4, 0.5) is 37.2 Å². The highest BCUT2D eigenvalue weighted by atomic mass is 19.1. The Labute approximate surface area is 431 Å². The summed E-state index contributed by atoms with van der Waals surface area (Å²) in [4.78, 5) is 4.42. The molecule has 2 nitrogen and oxygen atoms in total. The Hall–Kier alpha value is -8.60. The second-order valence-corrected chi connectivity index (χ2v) is 21.3. The van der Waals surface area contributed by atoms with Crippen LogP contribution in [0.5, 0.6) is 0 Å². The molecule has 11 aromatic rings. The van der Waals surface area contributed by atoms with Crippen LogP contribution in [-0.2, 0) is 10.8 Å². The van der Waals surface area contributed by atoms with Gasteiger partial charge >= 0.3 is 0 Å². The lowest BCUT2D eigenvalue weighted by Crippen LogP contribution is -2.23. The van der Waals surface area contributed by atoms with Gasteiger partial charge in [-0.15, -0.1) is 0 Å². The van der Waals surface area contributed by atoms with E-state index in [-0.39, 0.29) is 22.5 Å². The fourth-order valence-electron chi connectivity index (χ4n) is 13.1. The predicted octanol–water partition coefficient (Wildman–Crippen LogP) is 19.5. The van der Waals surface area contributed by atoms with E-state index in [0.29, 0.717) is 11.4 Å². The van der Waals surface area contributed by atoms with Crippen molar-refractivity contribution >= 4 is 66.3 Å². The molecule has 0 bridgehead atoms. The van der Waals surface area contributed by atoms with Crippen molar-refractivity contribution in [3.8, 4) is 33.4 Å². The molecule has 356 valence electrons. The van der Waals surface area contributed by atoms with Gasteiger partial charge in [0, 0.05) is 38.4 Å². The zero-order valence-electron chi connectivity index (χ0n) is 41.8. The van der Waals surface area contributed by atoms with Gasteiger partial charge in [0.25, 0.3) is 0 Å². The van der Waals surface area contributed by atoms with Crippen molar-refractivity contribution < 1.29 is 8.78 Å². The zero-order chi connectivity index (χ0) is 50.0. The monoisotopic (exact) mass is 958 g/mol. The lowest BCUT2D eigenvalue weighted by Gasteiger charge is -2.35. The third-order valence-corrected chi connectivity index (χ3v) is 16.6. The molecule has 0 aromatic heterocycles. The quantitative estimate of drug-likeness (QED) is 0.140. The predicted molar refractivity (Wildman–Crippen MR) is 305 cm³/mol. The molecule has 3 aliphatic carbocycles. The van der Waals surface area contributed by atoms with Gasteiger partial charge in [-0.3, -0.25) is 0 Å². The number of allylic oxidation sites excluding steroid dienone is 4. The van der Waals surface area contributed by atoms with E-state index in [4.69, 9.17) is 0 Å². The van der Waals surface area contributed by atoms with E-state index in [9.17, 15) is 0 Å². The third kappa shape index (κ3) is 6.47. The SMILES string of the molecule is CC1(C)C2=CCCC(N(c3cc(-c4ccccc4)ccc3F)c3ccc4ccc5c(N(c6cc(-c7ccccc7)ccc6F)c6cccc7c6-c6ccccc6C7(C)C)ccc6ccc3c4c65)=C2c2ccccc21. The summed E-state index contributed by atoms with van der Waals surface area (Å²) < 4.78 is 34.6. The van der Waals surface area contributed by atoms with Crippen LogP contribution < -0.4 is 9.80 Å². The Morgan fingerprint density at radius 3 is 1.50 bits per heavy atom. The van der Waals surface area contributed by atoms with E-state index < -0.39 is 0 Å². The minimum absolute atomic E-state index is 0.227. The first-order valence-corrected chi connectivity index (χ1v) is 25.9. The Bertz CT molecular complexity index is 4160. The molecule has 3 aliphatic rings. The second kappa shape index (κ2) is 16.5.